The van der Waals surface area contributed by atoms with E-state index in [9.17, 15) is 0 Å². The van der Waals surface area contributed by atoms with Crippen LogP contribution in [0.2, 0.25) is 0 Å². The van der Waals surface area contributed by atoms with Crippen molar-refractivity contribution in [3.63, 3.8) is 0 Å². The molecule has 1 aliphatic rings. The summed E-state index contributed by atoms with van der Waals surface area (Å²) in [5.74, 6) is 0.682. The normalized spacial score (nSPS) is 15.2. The maximum atomic E-state index is 6.44. The van der Waals surface area contributed by atoms with Gasteiger partial charge < -0.3 is 0 Å². The Morgan fingerprint density at radius 1 is 1.04 bits per heavy atom. The minimum atomic E-state index is 0.101. The molecule has 0 unspecified atom stereocenters. The van der Waals surface area contributed by atoms with Gasteiger partial charge in [0.2, 0.25) is 0 Å². The van der Waals surface area contributed by atoms with Crippen LogP contribution in [0.15, 0.2) is 30.3 Å². The van der Waals surface area contributed by atoms with E-state index in [0.29, 0.717) is 10.6 Å². The summed E-state index contributed by atoms with van der Waals surface area (Å²) in [7, 11) is 0. The Morgan fingerprint density at radius 2 is 1.78 bits per heavy atom. The van der Waals surface area contributed by atoms with Crippen LogP contribution in [0.25, 0.3) is 15.6 Å². The number of nitrogens with zero attached hydrogens (tertiary/aromatic N) is 4. The van der Waals surface area contributed by atoms with Crippen LogP contribution < -0.4 is 10.6 Å². The van der Waals surface area contributed by atoms with Gasteiger partial charge >= 0.3 is 145 Å². The molecule has 1 aromatic carbocycles. The number of anilines is 2. The number of rotatable bonds is 2. The molecule has 0 spiro atoms. The van der Waals surface area contributed by atoms with E-state index in [0.717, 1.165) is 33.4 Å². The second kappa shape index (κ2) is 6.07. The van der Waals surface area contributed by atoms with Crippen molar-refractivity contribution < 1.29 is 0 Å². The Balaban J connectivity index is 1.86. The molecule has 3 aromatic rings. The molecular formula is C16H17N5SSe. The molecule has 3 heterocycles. The molecule has 118 valence electrons. The van der Waals surface area contributed by atoms with E-state index in [4.69, 9.17) is 22.9 Å². The average Bonchev–Trinajstić information content (AvgIpc) is 3.01. The summed E-state index contributed by atoms with van der Waals surface area (Å²) in [6.45, 7) is 2.18. The summed E-state index contributed by atoms with van der Waals surface area (Å²) >= 11 is 5.55. The Morgan fingerprint density at radius 3 is 2.52 bits per heavy atom. The van der Waals surface area contributed by atoms with Gasteiger partial charge in [0, 0.05) is 0 Å². The van der Waals surface area contributed by atoms with Crippen LogP contribution in [0.4, 0.5) is 10.5 Å². The van der Waals surface area contributed by atoms with Gasteiger partial charge in [0.05, 0.1) is 0 Å². The van der Waals surface area contributed by atoms with Crippen LogP contribution >= 0.6 is 12.2 Å². The quantitative estimate of drug-likeness (QED) is 0.539. The van der Waals surface area contributed by atoms with Crippen molar-refractivity contribution in [2.45, 2.75) is 19.3 Å². The molecule has 0 atom stereocenters. The van der Waals surface area contributed by atoms with E-state index < -0.39 is 0 Å². The topological polar surface area (TPSA) is 60.0 Å². The molecule has 7 heteroatoms. The molecule has 2 aromatic heterocycles. The van der Waals surface area contributed by atoms with Crippen molar-refractivity contribution >= 4 is 47.1 Å². The number of hydrogen-bond acceptors (Lipinski definition) is 5. The van der Waals surface area contributed by atoms with Gasteiger partial charge in [0.25, 0.3) is 0 Å². The number of piperidine rings is 1. The summed E-state index contributed by atoms with van der Waals surface area (Å²) in [5.41, 5.74) is 8.11. The molecule has 2 N–H and O–H groups in total. The van der Waals surface area contributed by atoms with Crippen molar-refractivity contribution in [3.8, 4) is 5.69 Å². The van der Waals surface area contributed by atoms with Gasteiger partial charge in [-0.05, 0) is 0 Å². The number of aromatic nitrogens is 3. The average molecular weight is 390 g/mol. The number of nitrogens with two attached hydrogens (primary N) is 1. The Labute approximate surface area is 145 Å². The molecule has 0 bridgehead atoms. The van der Waals surface area contributed by atoms with Crippen LogP contribution in [0, 0.1) is 4.77 Å². The van der Waals surface area contributed by atoms with E-state index >= 15 is 0 Å². The van der Waals surface area contributed by atoms with Gasteiger partial charge in [-0.1, -0.05) is 0 Å². The fraction of sp³-hybridized carbons (Fsp3) is 0.312. The Bertz CT molecular complexity index is 896. The summed E-state index contributed by atoms with van der Waals surface area (Å²) < 4.78 is 4.51. The van der Waals surface area contributed by atoms with Crippen LogP contribution in [0.1, 0.15) is 19.3 Å². The van der Waals surface area contributed by atoms with Gasteiger partial charge in [-0.25, -0.2) is 0 Å². The number of benzene rings is 1. The fourth-order valence-corrected chi connectivity index (χ4v) is 5.33. The van der Waals surface area contributed by atoms with Gasteiger partial charge in [0.1, 0.15) is 0 Å². The van der Waals surface area contributed by atoms with Crippen molar-refractivity contribution in [1.82, 2.24) is 14.5 Å². The van der Waals surface area contributed by atoms with E-state index in [-0.39, 0.29) is 14.5 Å². The second-order valence-electron chi connectivity index (χ2n) is 5.65. The monoisotopic (exact) mass is 391 g/mol. The first-order valence-electron chi connectivity index (χ1n) is 7.73. The summed E-state index contributed by atoms with van der Waals surface area (Å²) in [4.78, 5) is 11.7. The van der Waals surface area contributed by atoms with E-state index in [1.807, 2.05) is 34.9 Å². The van der Waals surface area contributed by atoms with Crippen molar-refractivity contribution in [3.05, 3.63) is 35.1 Å². The number of nitrogen functional groups attached to an aromatic ring is 1. The molecule has 1 fully saturated rings. The molecule has 0 aliphatic carbocycles. The standard InChI is InChI=1S/C16H17N5SSe/c17-13-12-14(19-16(23-12)20-9-5-2-6-10-20)18-15(22)21(13)11-7-3-1-4-8-11/h1,3-4,7-8H,2,5-6,9-10,17H2. The first-order chi connectivity index (χ1) is 11.2. The summed E-state index contributed by atoms with van der Waals surface area (Å²) in [5, 5.41) is 0. The molecular weight excluding hydrogens is 373 g/mol. The Hall–Kier alpha value is -1.69. The zero-order valence-corrected chi connectivity index (χ0v) is 15.1. The fourth-order valence-electron chi connectivity index (χ4n) is 2.94. The first kappa shape index (κ1) is 14.9. The van der Waals surface area contributed by atoms with Crippen molar-refractivity contribution in [2.24, 2.45) is 0 Å². The SMILES string of the molecule is Nc1c2[se]c(N3CCCCC3)nc2nc(=S)n1-c1ccccc1. The van der Waals surface area contributed by atoms with E-state index in [1.54, 1.807) is 0 Å². The number of para-hydroxylation sites is 1. The zero-order valence-electron chi connectivity index (χ0n) is 12.6. The predicted molar refractivity (Wildman–Crippen MR) is 97.1 cm³/mol. The first-order valence-corrected chi connectivity index (χ1v) is 9.85. The van der Waals surface area contributed by atoms with E-state index in [2.05, 4.69) is 9.88 Å². The van der Waals surface area contributed by atoms with Crippen LogP contribution in [-0.2, 0) is 0 Å². The van der Waals surface area contributed by atoms with Crippen LogP contribution in [-0.4, -0.2) is 42.1 Å². The summed E-state index contributed by atoms with van der Waals surface area (Å²) in [6.07, 6.45) is 3.80. The molecule has 23 heavy (non-hydrogen) atoms. The number of fused-ring (bicyclic) bond motifs is 1. The van der Waals surface area contributed by atoms with E-state index in [1.165, 1.54) is 19.3 Å². The third-order valence-corrected chi connectivity index (χ3v) is 6.75. The molecule has 1 saturated heterocycles. The van der Waals surface area contributed by atoms with Crippen molar-refractivity contribution in [1.29, 1.82) is 0 Å². The maximum absolute atomic E-state index is 6.44. The molecule has 0 amide bonds. The zero-order chi connectivity index (χ0) is 15.8. The van der Waals surface area contributed by atoms with Gasteiger partial charge in [-0.15, -0.1) is 0 Å². The second-order valence-corrected chi connectivity index (χ2v) is 8.06. The number of hydrogen-bond donors (Lipinski definition) is 1. The molecule has 5 nitrogen and oxygen atoms in total. The Kier molecular flexibility index (Phi) is 3.93. The van der Waals surface area contributed by atoms with Crippen LogP contribution in [0.5, 0.6) is 0 Å². The predicted octanol–water partition coefficient (Wildman–Crippen LogP) is 2.78. The minimum absolute atomic E-state index is 0.101. The molecule has 0 saturated carbocycles. The van der Waals surface area contributed by atoms with Crippen molar-refractivity contribution in [2.75, 3.05) is 23.7 Å². The van der Waals surface area contributed by atoms with Gasteiger partial charge in [-0.3, -0.25) is 0 Å². The summed E-state index contributed by atoms with van der Waals surface area (Å²) in [6, 6.07) is 9.92. The van der Waals surface area contributed by atoms with Crippen LogP contribution in [0.3, 0.4) is 0 Å². The van der Waals surface area contributed by atoms with Gasteiger partial charge in [0.15, 0.2) is 0 Å². The van der Waals surface area contributed by atoms with Gasteiger partial charge in [-0.2, -0.15) is 0 Å². The third-order valence-electron chi connectivity index (χ3n) is 4.11. The third kappa shape index (κ3) is 2.69. The molecule has 4 rings (SSSR count). The molecule has 0 radical (unpaired) electrons. The molecule has 1 aliphatic heterocycles.